The van der Waals surface area contributed by atoms with Crippen LogP contribution in [-0.4, -0.2) is 24.3 Å². The smallest absolute Gasteiger partial charge is 0.348 e. The van der Waals surface area contributed by atoms with Crippen molar-refractivity contribution in [1.82, 2.24) is 0 Å². The lowest BCUT2D eigenvalue weighted by molar-refractivity contribution is -0.119. The van der Waals surface area contributed by atoms with Gasteiger partial charge in [-0.3, -0.25) is 9.59 Å². The number of benzene rings is 1. The third-order valence-electron chi connectivity index (χ3n) is 2.69. The second kappa shape index (κ2) is 7.34. The molecule has 1 N–H and O–H groups in total. The van der Waals surface area contributed by atoms with Gasteiger partial charge in [0.25, 0.3) is 5.91 Å². The minimum Gasteiger partial charge on any atom is -0.451 e. The van der Waals surface area contributed by atoms with Crippen LogP contribution in [0.1, 0.15) is 26.3 Å². The molecule has 0 atom stereocenters. The first-order valence-electron chi connectivity index (χ1n) is 6.39. The highest BCUT2D eigenvalue weighted by Crippen LogP contribution is 2.22. The Morgan fingerprint density at radius 2 is 1.91 bits per heavy atom. The van der Waals surface area contributed by atoms with Gasteiger partial charge < -0.3 is 10.1 Å². The van der Waals surface area contributed by atoms with Crippen molar-refractivity contribution in [3.05, 3.63) is 50.9 Å². The summed E-state index contributed by atoms with van der Waals surface area (Å²) < 4.78 is 17.7. The lowest BCUT2D eigenvalue weighted by Crippen LogP contribution is -2.20. The number of halogens is 2. The molecule has 120 valence electrons. The zero-order valence-corrected chi connectivity index (χ0v) is 13.5. The van der Waals surface area contributed by atoms with Gasteiger partial charge in [0.05, 0.1) is 15.6 Å². The maximum atomic E-state index is 12.9. The minimum atomic E-state index is -0.706. The number of amides is 1. The summed E-state index contributed by atoms with van der Waals surface area (Å²) in [6, 6.07) is 6.47. The first kappa shape index (κ1) is 17.1. The van der Waals surface area contributed by atoms with Gasteiger partial charge in [-0.2, -0.15) is 0 Å². The molecular weight excluding hydrogens is 345 g/mol. The predicted molar refractivity (Wildman–Crippen MR) is 84.6 cm³/mol. The maximum absolute atomic E-state index is 12.9. The molecule has 0 aliphatic heterocycles. The largest absolute Gasteiger partial charge is 0.451 e. The SMILES string of the molecule is CC(=O)c1ccc(C(=O)OCC(=O)Nc2ccc(F)cc2Cl)s1. The highest BCUT2D eigenvalue weighted by atomic mass is 35.5. The van der Waals surface area contributed by atoms with E-state index in [-0.39, 0.29) is 21.4 Å². The zero-order valence-electron chi connectivity index (χ0n) is 11.9. The van der Waals surface area contributed by atoms with E-state index in [0.29, 0.717) is 4.88 Å². The molecule has 0 fully saturated rings. The second-order valence-corrected chi connectivity index (χ2v) is 5.96. The van der Waals surface area contributed by atoms with E-state index in [0.717, 1.165) is 23.5 Å². The lowest BCUT2D eigenvalue weighted by Gasteiger charge is -2.07. The van der Waals surface area contributed by atoms with Crippen LogP contribution in [0.3, 0.4) is 0 Å². The number of Topliss-reactive ketones (excluding diaryl/α,β-unsaturated/α-hetero) is 1. The highest BCUT2D eigenvalue weighted by molar-refractivity contribution is 7.15. The van der Waals surface area contributed by atoms with Crippen LogP contribution in [0.5, 0.6) is 0 Å². The van der Waals surface area contributed by atoms with Crippen molar-refractivity contribution in [2.45, 2.75) is 6.92 Å². The van der Waals surface area contributed by atoms with Gasteiger partial charge in [-0.25, -0.2) is 9.18 Å². The van der Waals surface area contributed by atoms with E-state index in [1.54, 1.807) is 0 Å². The van der Waals surface area contributed by atoms with Crippen molar-refractivity contribution in [2.75, 3.05) is 11.9 Å². The average Bonchev–Trinajstić information content (AvgIpc) is 2.98. The van der Waals surface area contributed by atoms with Crippen molar-refractivity contribution in [2.24, 2.45) is 0 Å². The number of anilines is 1. The number of hydrogen-bond donors (Lipinski definition) is 1. The molecule has 0 bridgehead atoms. The van der Waals surface area contributed by atoms with Gasteiger partial charge in [0.2, 0.25) is 0 Å². The molecule has 0 unspecified atom stereocenters. The number of hydrogen-bond acceptors (Lipinski definition) is 5. The van der Waals surface area contributed by atoms with Crippen molar-refractivity contribution >= 4 is 46.3 Å². The Hall–Kier alpha value is -2.25. The van der Waals surface area contributed by atoms with Crippen molar-refractivity contribution in [3.63, 3.8) is 0 Å². The molecule has 0 spiro atoms. The predicted octanol–water partition coefficient (Wildman–Crippen LogP) is 3.54. The number of esters is 1. The van der Waals surface area contributed by atoms with Gasteiger partial charge in [0.1, 0.15) is 10.7 Å². The summed E-state index contributed by atoms with van der Waals surface area (Å²) in [5.41, 5.74) is 0.212. The van der Waals surface area contributed by atoms with Crippen LogP contribution in [0.2, 0.25) is 5.02 Å². The van der Waals surface area contributed by atoms with Crippen LogP contribution in [0.4, 0.5) is 10.1 Å². The van der Waals surface area contributed by atoms with E-state index in [1.807, 2.05) is 0 Å². The quantitative estimate of drug-likeness (QED) is 0.657. The number of carbonyl (C=O) groups is 3. The van der Waals surface area contributed by atoms with E-state index in [4.69, 9.17) is 16.3 Å². The summed E-state index contributed by atoms with van der Waals surface area (Å²) in [5, 5.41) is 2.44. The van der Waals surface area contributed by atoms with Gasteiger partial charge in [0, 0.05) is 0 Å². The highest BCUT2D eigenvalue weighted by Gasteiger charge is 2.15. The fraction of sp³-hybridized carbons (Fsp3) is 0.133. The molecule has 5 nitrogen and oxygen atoms in total. The maximum Gasteiger partial charge on any atom is 0.348 e. The Kier molecular flexibility index (Phi) is 5.46. The zero-order chi connectivity index (χ0) is 17.0. The van der Waals surface area contributed by atoms with Crippen molar-refractivity contribution < 1.29 is 23.5 Å². The van der Waals surface area contributed by atoms with Crippen molar-refractivity contribution in [1.29, 1.82) is 0 Å². The molecule has 1 amide bonds. The van der Waals surface area contributed by atoms with E-state index in [9.17, 15) is 18.8 Å². The van der Waals surface area contributed by atoms with Crippen LogP contribution in [0.15, 0.2) is 30.3 Å². The number of carbonyl (C=O) groups excluding carboxylic acids is 3. The Balaban J connectivity index is 1.90. The Labute approximate surface area is 140 Å². The third-order valence-corrected chi connectivity index (χ3v) is 4.17. The van der Waals surface area contributed by atoms with Crippen LogP contribution >= 0.6 is 22.9 Å². The van der Waals surface area contributed by atoms with Crippen LogP contribution in [0, 0.1) is 5.82 Å². The van der Waals surface area contributed by atoms with E-state index >= 15 is 0 Å². The molecule has 2 rings (SSSR count). The molecule has 0 aliphatic rings. The third kappa shape index (κ3) is 4.61. The fourth-order valence-electron chi connectivity index (χ4n) is 1.62. The summed E-state index contributed by atoms with van der Waals surface area (Å²) in [6.45, 7) is 0.862. The summed E-state index contributed by atoms with van der Waals surface area (Å²) >= 11 is 6.76. The van der Waals surface area contributed by atoms with Crippen LogP contribution in [0.25, 0.3) is 0 Å². The molecule has 0 aliphatic carbocycles. The summed E-state index contributed by atoms with van der Waals surface area (Å²) in [5.74, 6) is -2.01. The number of rotatable bonds is 5. The fourth-order valence-corrected chi connectivity index (χ4v) is 2.63. The molecule has 0 saturated heterocycles. The molecule has 8 heteroatoms. The number of ether oxygens (including phenoxy) is 1. The van der Waals surface area contributed by atoms with Gasteiger partial charge in [-0.05, 0) is 37.3 Å². The van der Waals surface area contributed by atoms with Gasteiger partial charge in [-0.1, -0.05) is 11.6 Å². The van der Waals surface area contributed by atoms with E-state index in [2.05, 4.69) is 5.32 Å². The Morgan fingerprint density at radius 1 is 1.22 bits per heavy atom. The Bertz CT molecular complexity index is 775. The summed E-state index contributed by atoms with van der Waals surface area (Å²) in [4.78, 5) is 35.3. The molecule has 2 aromatic rings. The molecule has 23 heavy (non-hydrogen) atoms. The molecular formula is C15H11ClFNO4S. The van der Waals surface area contributed by atoms with Gasteiger partial charge in [0.15, 0.2) is 12.4 Å². The molecule has 1 heterocycles. The number of ketones is 1. The molecule has 0 radical (unpaired) electrons. The van der Waals surface area contributed by atoms with Crippen LogP contribution in [-0.2, 0) is 9.53 Å². The average molecular weight is 356 g/mol. The first-order chi connectivity index (χ1) is 10.9. The number of thiophene rings is 1. The minimum absolute atomic E-state index is 0.0361. The van der Waals surface area contributed by atoms with E-state index in [1.165, 1.54) is 25.1 Å². The van der Waals surface area contributed by atoms with Crippen LogP contribution < -0.4 is 5.32 Å². The normalized spacial score (nSPS) is 10.2. The van der Waals surface area contributed by atoms with Gasteiger partial charge in [-0.15, -0.1) is 11.3 Å². The summed E-state index contributed by atoms with van der Waals surface area (Å²) in [7, 11) is 0. The van der Waals surface area contributed by atoms with Crippen molar-refractivity contribution in [3.8, 4) is 0 Å². The number of nitrogens with one attached hydrogen (secondary N) is 1. The van der Waals surface area contributed by atoms with Gasteiger partial charge >= 0.3 is 5.97 Å². The molecule has 1 aromatic heterocycles. The summed E-state index contributed by atoms with van der Waals surface area (Å²) in [6.07, 6.45) is 0. The second-order valence-electron chi connectivity index (χ2n) is 4.47. The lowest BCUT2D eigenvalue weighted by atomic mass is 10.3. The standard InChI is InChI=1S/C15H11ClFNO4S/c1-8(19)12-4-5-13(23-12)15(21)22-7-14(20)18-11-3-2-9(17)6-10(11)16/h2-6H,7H2,1H3,(H,18,20). The molecule has 0 saturated carbocycles. The topological polar surface area (TPSA) is 72.5 Å². The molecule has 1 aromatic carbocycles. The monoisotopic (exact) mass is 355 g/mol. The van der Waals surface area contributed by atoms with E-state index < -0.39 is 24.3 Å². The Morgan fingerprint density at radius 3 is 2.52 bits per heavy atom. The first-order valence-corrected chi connectivity index (χ1v) is 7.59.